The monoisotopic (exact) mass is 233 g/mol. The zero-order valence-corrected chi connectivity index (χ0v) is 11.8. The van der Waals surface area contributed by atoms with Gasteiger partial charge in [-0.25, -0.2) is 0 Å². The average molecular weight is 233 g/mol. The first-order valence-corrected chi connectivity index (χ1v) is 6.84. The van der Waals surface area contributed by atoms with Gasteiger partial charge in [-0.3, -0.25) is 0 Å². The van der Waals surface area contributed by atoms with Crippen molar-refractivity contribution in [2.75, 3.05) is 6.54 Å². The molecule has 0 heterocycles. The maximum Gasteiger partial charge on any atom is 0.00965 e. The predicted octanol–water partition coefficient (Wildman–Crippen LogP) is 3.96. The van der Waals surface area contributed by atoms with Gasteiger partial charge in [0, 0.05) is 5.54 Å². The Kier molecular flexibility index (Phi) is 5.70. The topological polar surface area (TPSA) is 12.0 Å². The highest BCUT2D eigenvalue weighted by Gasteiger charge is 2.07. The van der Waals surface area contributed by atoms with Gasteiger partial charge in [0.25, 0.3) is 0 Å². The van der Waals surface area contributed by atoms with Crippen LogP contribution in [0.1, 0.15) is 51.7 Å². The maximum atomic E-state index is 3.52. The lowest BCUT2D eigenvalue weighted by Crippen LogP contribution is -2.36. The molecule has 1 rings (SSSR count). The van der Waals surface area contributed by atoms with E-state index in [1.807, 2.05) is 0 Å². The highest BCUT2D eigenvalue weighted by molar-refractivity contribution is 5.22. The van der Waals surface area contributed by atoms with Gasteiger partial charge < -0.3 is 5.32 Å². The standard InChI is InChI=1S/C16H27N/c1-5-7-14-9-11-15(12-10-14)8-6-13-17-16(2,3)4/h9-12,17H,5-8,13H2,1-4H3. The summed E-state index contributed by atoms with van der Waals surface area (Å²) >= 11 is 0. The Hall–Kier alpha value is -0.820. The highest BCUT2D eigenvalue weighted by Crippen LogP contribution is 2.08. The molecule has 1 heteroatoms. The molecule has 0 aliphatic rings. The largest absolute Gasteiger partial charge is 0.312 e. The van der Waals surface area contributed by atoms with Crippen LogP contribution in [0.5, 0.6) is 0 Å². The Morgan fingerprint density at radius 3 is 1.94 bits per heavy atom. The molecule has 0 amide bonds. The summed E-state index contributed by atoms with van der Waals surface area (Å²) in [6.07, 6.45) is 4.82. The first-order valence-electron chi connectivity index (χ1n) is 6.84. The van der Waals surface area contributed by atoms with Crippen molar-refractivity contribution in [1.82, 2.24) is 5.32 Å². The number of hydrogen-bond donors (Lipinski definition) is 1. The summed E-state index contributed by atoms with van der Waals surface area (Å²) in [7, 11) is 0. The fraction of sp³-hybridized carbons (Fsp3) is 0.625. The van der Waals surface area contributed by atoms with Crippen molar-refractivity contribution in [2.45, 2.75) is 58.9 Å². The van der Waals surface area contributed by atoms with E-state index >= 15 is 0 Å². The number of nitrogens with one attached hydrogen (secondary N) is 1. The Morgan fingerprint density at radius 2 is 1.47 bits per heavy atom. The van der Waals surface area contributed by atoms with E-state index < -0.39 is 0 Å². The molecule has 0 saturated carbocycles. The molecule has 1 aromatic carbocycles. The first kappa shape index (κ1) is 14.2. The summed E-state index contributed by atoms with van der Waals surface area (Å²) in [6, 6.07) is 9.11. The highest BCUT2D eigenvalue weighted by atomic mass is 14.9. The quantitative estimate of drug-likeness (QED) is 0.733. The molecule has 0 atom stereocenters. The zero-order valence-electron chi connectivity index (χ0n) is 11.8. The molecule has 0 fully saturated rings. The Labute approximate surface area is 107 Å². The molecule has 0 aromatic heterocycles. The van der Waals surface area contributed by atoms with Crippen molar-refractivity contribution in [3.8, 4) is 0 Å². The second kappa shape index (κ2) is 6.80. The molecule has 17 heavy (non-hydrogen) atoms. The third-order valence-electron chi connectivity index (χ3n) is 2.86. The van der Waals surface area contributed by atoms with Gasteiger partial charge in [-0.15, -0.1) is 0 Å². The summed E-state index contributed by atoms with van der Waals surface area (Å²) < 4.78 is 0. The van der Waals surface area contributed by atoms with Crippen molar-refractivity contribution in [1.29, 1.82) is 0 Å². The minimum Gasteiger partial charge on any atom is -0.312 e. The number of benzene rings is 1. The van der Waals surface area contributed by atoms with Crippen molar-refractivity contribution >= 4 is 0 Å². The average Bonchev–Trinajstić information content (AvgIpc) is 2.26. The van der Waals surface area contributed by atoms with Crippen LogP contribution >= 0.6 is 0 Å². The zero-order chi connectivity index (χ0) is 12.7. The maximum absolute atomic E-state index is 3.52. The Bertz CT molecular complexity index is 305. The summed E-state index contributed by atoms with van der Waals surface area (Å²) in [4.78, 5) is 0. The number of aryl methyl sites for hydroxylation is 2. The van der Waals surface area contributed by atoms with Crippen LogP contribution in [0, 0.1) is 0 Å². The van der Waals surface area contributed by atoms with Crippen LogP contribution in [0.3, 0.4) is 0 Å². The Balaban J connectivity index is 2.27. The lowest BCUT2D eigenvalue weighted by Gasteiger charge is -2.20. The lowest BCUT2D eigenvalue weighted by atomic mass is 10.0. The van der Waals surface area contributed by atoms with E-state index in [2.05, 4.69) is 57.3 Å². The van der Waals surface area contributed by atoms with Crippen LogP contribution < -0.4 is 5.32 Å². The van der Waals surface area contributed by atoms with E-state index in [4.69, 9.17) is 0 Å². The molecule has 1 N–H and O–H groups in total. The molecule has 0 radical (unpaired) electrons. The van der Waals surface area contributed by atoms with Gasteiger partial charge in [-0.05, 0) is 57.7 Å². The van der Waals surface area contributed by atoms with Gasteiger partial charge in [0.15, 0.2) is 0 Å². The van der Waals surface area contributed by atoms with Gasteiger partial charge in [-0.1, -0.05) is 37.6 Å². The SMILES string of the molecule is CCCc1ccc(CCCNC(C)(C)C)cc1. The molecule has 0 aliphatic heterocycles. The van der Waals surface area contributed by atoms with Gasteiger partial charge >= 0.3 is 0 Å². The fourth-order valence-corrected chi connectivity index (χ4v) is 1.92. The molecule has 0 aliphatic carbocycles. The molecule has 96 valence electrons. The molecule has 1 nitrogen and oxygen atoms in total. The molecule has 0 unspecified atom stereocenters. The van der Waals surface area contributed by atoms with Crippen LogP contribution in [0.15, 0.2) is 24.3 Å². The van der Waals surface area contributed by atoms with Crippen LogP contribution in [0.2, 0.25) is 0 Å². The van der Waals surface area contributed by atoms with E-state index in [1.54, 1.807) is 0 Å². The number of rotatable bonds is 6. The van der Waals surface area contributed by atoms with Gasteiger partial charge in [0.05, 0.1) is 0 Å². The summed E-state index contributed by atoms with van der Waals surface area (Å²) in [5.41, 5.74) is 3.16. The van der Waals surface area contributed by atoms with Crippen LogP contribution in [0.25, 0.3) is 0 Å². The van der Waals surface area contributed by atoms with Crippen LogP contribution in [-0.2, 0) is 12.8 Å². The normalized spacial score (nSPS) is 11.8. The van der Waals surface area contributed by atoms with Gasteiger partial charge in [0.2, 0.25) is 0 Å². The molecule has 0 bridgehead atoms. The first-order chi connectivity index (χ1) is 8.01. The summed E-state index contributed by atoms with van der Waals surface area (Å²) in [6.45, 7) is 9.97. The van der Waals surface area contributed by atoms with E-state index in [9.17, 15) is 0 Å². The minimum absolute atomic E-state index is 0.241. The molecule has 0 spiro atoms. The lowest BCUT2D eigenvalue weighted by molar-refractivity contribution is 0.422. The molecule has 0 saturated heterocycles. The van der Waals surface area contributed by atoms with Crippen molar-refractivity contribution in [2.24, 2.45) is 0 Å². The van der Waals surface area contributed by atoms with Crippen LogP contribution in [0.4, 0.5) is 0 Å². The Morgan fingerprint density at radius 1 is 0.941 bits per heavy atom. The van der Waals surface area contributed by atoms with Crippen molar-refractivity contribution < 1.29 is 0 Å². The van der Waals surface area contributed by atoms with E-state index in [0.29, 0.717) is 0 Å². The minimum atomic E-state index is 0.241. The smallest absolute Gasteiger partial charge is 0.00965 e. The second-order valence-electron chi connectivity index (χ2n) is 5.85. The fourth-order valence-electron chi connectivity index (χ4n) is 1.92. The molecular weight excluding hydrogens is 206 g/mol. The van der Waals surface area contributed by atoms with Crippen molar-refractivity contribution in [3.63, 3.8) is 0 Å². The van der Waals surface area contributed by atoms with Crippen LogP contribution in [-0.4, -0.2) is 12.1 Å². The predicted molar refractivity (Wildman–Crippen MR) is 76.5 cm³/mol. The summed E-state index contributed by atoms with van der Waals surface area (Å²) in [5, 5.41) is 3.52. The molecule has 1 aromatic rings. The van der Waals surface area contributed by atoms with Gasteiger partial charge in [-0.2, -0.15) is 0 Å². The molecular formula is C16H27N. The van der Waals surface area contributed by atoms with E-state index in [-0.39, 0.29) is 5.54 Å². The third-order valence-corrected chi connectivity index (χ3v) is 2.86. The third kappa shape index (κ3) is 6.48. The van der Waals surface area contributed by atoms with Gasteiger partial charge in [0.1, 0.15) is 0 Å². The van der Waals surface area contributed by atoms with E-state index in [1.165, 1.54) is 36.8 Å². The summed E-state index contributed by atoms with van der Waals surface area (Å²) in [5.74, 6) is 0. The van der Waals surface area contributed by atoms with Crippen molar-refractivity contribution in [3.05, 3.63) is 35.4 Å². The van der Waals surface area contributed by atoms with E-state index in [0.717, 1.165) is 6.54 Å². The second-order valence-corrected chi connectivity index (χ2v) is 5.85. The number of hydrogen-bond acceptors (Lipinski definition) is 1.